The average molecular weight is 292 g/mol. The van der Waals surface area contributed by atoms with Gasteiger partial charge in [-0.15, -0.1) is 12.4 Å². The van der Waals surface area contributed by atoms with E-state index in [-0.39, 0.29) is 18.5 Å². The lowest BCUT2D eigenvalue weighted by Crippen LogP contribution is -2.05. The monoisotopic (exact) mass is 291 g/mol. The number of rotatable bonds is 5. The standard InChI is InChI=1S/C17H21NO.ClH/c1-13(2)19-17-8-4-7-16(12-17)15-6-3-5-14(11-15)9-10-18;/h3-8,11-13H,9-10,18H2,1-2H3;1H. The van der Waals surface area contributed by atoms with Gasteiger partial charge in [-0.05, 0) is 55.6 Å². The highest BCUT2D eigenvalue weighted by Gasteiger charge is 2.02. The molecule has 0 aromatic heterocycles. The lowest BCUT2D eigenvalue weighted by Gasteiger charge is -2.11. The van der Waals surface area contributed by atoms with Crippen molar-refractivity contribution in [1.29, 1.82) is 0 Å². The van der Waals surface area contributed by atoms with E-state index in [9.17, 15) is 0 Å². The van der Waals surface area contributed by atoms with Crippen LogP contribution in [0.3, 0.4) is 0 Å². The SMILES string of the molecule is CC(C)Oc1cccc(-c2cccc(CCN)c2)c1.Cl. The van der Waals surface area contributed by atoms with E-state index in [4.69, 9.17) is 10.5 Å². The summed E-state index contributed by atoms with van der Waals surface area (Å²) in [6.45, 7) is 4.75. The fraction of sp³-hybridized carbons (Fsp3) is 0.294. The highest BCUT2D eigenvalue weighted by molar-refractivity contribution is 5.85. The lowest BCUT2D eigenvalue weighted by molar-refractivity contribution is 0.242. The molecule has 0 amide bonds. The van der Waals surface area contributed by atoms with Gasteiger partial charge < -0.3 is 10.5 Å². The zero-order chi connectivity index (χ0) is 13.7. The summed E-state index contributed by atoms with van der Waals surface area (Å²) in [6, 6.07) is 16.7. The number of halogens is 1. The maximum atomic E-state index is 5.73. The second-order valence-corrected chi connectivity index (χ2v) is 4.93. The summed E-state index contributed by atoms with van der Waals surface area (Å²) in [5.41, 5.74) is 9.27. The molecule has 0 spiro atoms. The third-order valence-electron chi connectivity index (χ3n) is 2.90. The Balaban J connectivity index is 0.00000200. The van der Waals surface area contributed by atoms with Crippen LogP contribution in [0.25, 0.3) is 11.1 Å². The van der Waals surface area contributed by atoms with E-state index < -0.39 is 0 Å². The highest BCUT2D eigenvalue weighted by Crippen LogP contribution is 2.25. The first-order valence-corrected chi connectivity index (χ1v) is 6.75. The largest absolute Gasteiger partial charge is 0.491 e. The summed E-state index contributed by atoms with van der Waals surface area (Å²) >= 11 is 0. The molecule has 0 aliphatic heterocycles. The first-order valence-electron chi connectivity index (χ1n) is 6.75. The molecule has 20 heavy (non-hydrogen) atoms. The van der Waals surface area contributed by atoms with Crippen molar-refractivity contribution in [1.82, 2.24) is 0 Å². The predicted molar refractivity (Wildman–Crippen MR) is 87.6 cm³/mol. The van der Waals surface area contributed by atoms with Crippen molar-refractivity contribution in [2.45, 2.75) is 26.4 Å². The van der Waals surface area contributed by atoms with E-state index in [0.717, 1.165) is 12.2 Å². The smallest absolute Gasteiger partial charge is 0.120 e. The van der Waals surface area contributed by atoms with Gasteiger partial charge in [-0.25, -0.2) is 0 Å². The fourth-order valence-corrected chi connectivity index (χ4v) is 2.09. The van der Waals surface area contributed by atoms with E-state index in [1.807, 2.05) is 26.0 Å². The average Bonchev–Trinajstić information content (AvgIpc) is 2.39. The Morgan fingerprint density at radius 3 is 2.30 bits per heavy atom. The van der Waals surface area contributed by atoms with Crippen molar-refractivity contribution >= 4 is 12.4 Å². The number of hydrogen-bond acceptors (Lipinski definition) is 2. The Morgan fingerprint density at radius 2 is 1.65 bits per heavy atom. The van der Waals surface area contributed by atoms with Crippen LogP contribution in [-0.4, -0.2) is 12.6 Å². The van der Waals surface area contributed by atoms with E-state index in [0.29, 0.717) is 6.54 Å². The topological polar surface area (TPSA) is 35.2 Å². The molecule has 2 nitrogen and oxygen atoms in total. The normalized spacial score (nSPS) is 10.2. The Kier molecular flexibility index (Phi) is 6.56. The molecule has 0 aliphatic rings. The van der Waals surface area contributed by atoms with Crippen molar-refractivity contribution in [2.24, 2.45) is 5.73 Å². The quantitative estimate of drug-likeness (QED) is 0.901. The summed E-state index contributed by atoms with van der Waals surface area (Å²) in [5, 5.41) is 0. The molecule has 0 bridgehead atoms. The van der Waals surface area contributed by atoms with E-state index >= 15 is 0 Å². The van der Waals surface area contributed by atoms with Gasteiger partial charge in [0, 0.05) is 0 Å². The number of ether oxygens (including phenoxy) is 1. The van der Waals surface area contributed by atoms with Crippen molar-refractivity contribution in [3.05, 3.63) is 54.1 Å². The van der Waals surface area contributed by atoms with E-state index in [1.54, 1.807) is 0 Å². The molecule has 2 aromatic rings. The molecule has 0 aliphatic carbocycles. The van der Waals surface area contributed by atoms with Crippen molar-refractivity contribution in [3.63, 3.8) is 0 Å². The van der Waals surface area contributed by atoms with Gasteiger partial charge in [-0.3, -0.25) is 0 Å². The molecule has 2 N–H and O–H groups in total. The molecule has 2 rings (SSSR count). The molecule has 0 saturated heterocycles. The molecule has 0 saturated carbocycles. The van der Waals surface area contributed by atoms with Crippen molar-refractivity contribution < 1.29 is 4.74 Å². The van der Waals surface area contributed by atoms with Crippen LogP contribution in [0.2, 0.25) is 0 Å². The first kappa shape index (κ1) is 16.5. The van der Waals surface area contributed by atoms with Gasteiger partial charge in [0.15, 0.2) is 0 Å². The third-order valence-corrected chi connectivity index (χ3v) is 2.90. The molecule has 0 atom stereocenters. The maximum absolute atomic E-state index is 5.73. The zero-order valence-electron chi connectivity index (χ0n) is 12.0. The van der Waals surface area contributed by atoms with Crippen LogP contribution >= 0.6 is 12.4 Å². The molecule has 2 aromatic carbocycles. The van der Waals surface area contributed by atoms with Gasteiger partial charge in [-0.1, -0.05) is 36.4 Å². The van der Waals surface area contributed by atoms with Crippen LogP contribution in [0.1, 0.15) is 19.4 Å². The Bertz CT molecular complexity index is 540. The fourth-order valence-electron chi connectivity index (χ4n) is 2.09. The van der Waals surface area contributed by atoms with Gasteiger partial charge in [0.2, 0.25) is 0 Å². The minimum absolute atomic E-state index is 0. The molecular weight excluding hydrogens is 270 g/mol. The minimum atomic E-state index is 0. The van der Waals surface area contributed by atoms with Gasteiger partial charge in [0.05, 0.1) is 6.10 Å². The number of hydrogen-bond donors (Lipinski definition) is 1. The molecule has 3 heteroatoms. The Labute approximate surface area is 127 Å². The Morgan fingerprint density at radius 1 is 1.00 bits per heavy atom. The summed E-state index contributed by atoms with van der Waals surface area (Å²) in [4.78, 5) is 0. The molecule has 0 unspecified atom stereocenters. The van der Waals surface area contributed by atoms with Crippen LogP contribution < -0.4 is 10.5 Å². The maximum Gasteiger partial charge on any atom is 0.120 e. The summed E-state index contributed by atoms with van der Waals surface area (Å²) < 4.78 is 5.73. The van der Waals surface area contributed by atoms with Crippen LogP contribution in [0.15, 0.2) is 48.5 Å². The minimum Gasteiger partial charge on any atom is -0.491 e. The van der Waals surface area contributed by atoms with E-state index in [2.05, 4.69) is 36.4 Å². The molecule has 108 valence electrons. The van der Waals surface area contributed by atoms with Crippen LogP contribution in [0.5, 0.6) is 5.75 Å². The number of nitrogens with two attached hydrogens (primary N) is 1. The molecule has 0 fully saturated rings. The predicted octanol–water partition coefficient (Wildman–Crippen LogP) is 4.06. The second kappa shape index (κ2) is 7.93. The van der Waals surface area contributed by atoms with Gasteiger partial charge in [0.25, 0.3) is 0 Å². The first-order chi connectivity index (χ1) is 9.19. The van der Waals surface area contributed by atoms with Gasteiger partial charge >= 0.3 is 0 Å². The van der Waals surface area contributed by atoms with Crippen molar-refractivity contribution in [3.8, 4) is 16.9 Å². The van der Waals surface area contributed by atoms with Gasteiger partial charge in [-0.2, -0.15) is 0 Å². The summed E-state index contributed by atoms with van der Waals surface area (Å²) in [6.07, 6.45) is 1.11. The summed E-state index contributed by atoms with van der Waals surface area (Å²) in [5.74, 6) is 0.914. The molecular formula is C17H22ClNO. The number of benzene rings is 2. The molecule has 0 heterocycles. The highest BCUT2D eigenvalue weighted by atomic mass is 35.5. The van der Waals surface area contributed by atoms with Crippen LogP contribution in [0, 0.1) is 0 Å². The molecule has 0 radical (unpaired) electrons. The third kappa shape index (κ3) is 4.55. The summed E-state index contributed by atoms with van der Waals surface area (Å²) in [7, 11) is 0. The van der Waals surface area contributed by atoms with Gasteiger partial charge in [0.1, 0.15) is 5.75 Å². The second-order valence-electron chi connectivity index (χ2n) is 4.93. The van der Waals surface area contributed by atoms with Crippen molar-refractivity contribution in [2.75, 3.05) is 6.54 Å². The Hall–Kier alpha value is -1.51. The zero-order valence-corrected chi connectivity index (χ0v) is 12.8. The van der Waals surface area contributed by atoms with E-state index in [1.165, 1.54) is 16.7 Å². The van der Waals surface area contributed by atoms with Crippen LogP contribution in [0.4, 0.5) is 0 Å². The van der Waals surface area contributed by atoms with Crippen LogP contribution in [-0.2, 0) is 6.42 Å². The lowest BCUT2D eigenvalue weighted by atomic mass is 10.0.